The van der Waals surface area contributed by atoms with Gasteiger partial charge in [0.05, 0.1) is 10.5 Å². The van der Waals surface area contributed by atoms with Crippen LogP contribution in [0.15, 0.2) is 23.1 Å². The molecule has 0 radical (unpaired) electrons. The lowest BCUT2D eigenvalue weighted by Gasteiger charge is -2.08. The van der Waals surface area contributed by atoms with Gasteiger partial charge in [-0.3, -0.25) is 10.1 Å². The number of nitriles is 1. The van der Waals surface area contributed by atoms with Gasteiger partial charge in [0.25, 0.3) is 5.69 Å². The van der Waals surface area contributed by atoms with E-state index in [4.69, 9.17) is 5.26 Å². The van der Waals surface area contributed by atoms with Gasteiger partial charge in [-0.05, 0) is 12.5 Å². The van der Waals surface area contributed by atoms with Crippen LogP contribution in [0.2, 0.25) is 0 Å². The van der Waals surface area contributed by atoms with Gasteiger partial charge in [-0.2, -0.15) is 5.26 Å². The lowest BCUT2D eigenvalue weighted by Crippen LogP contribution is -1.95. The Balaban J connectivity index is 3.03. The molecule has 0 N–H and O–H groups in total. The summed E-state index contributed by atoms with van der Waals surface area (Å²) in [6, 6.07) is 6.40. The van der Waals surface area contributed by atoms with Gasteiger partial charge >= 0.3 is 0 Å². The highest BCUT2D eigenvalue weighted by molar-refractivity contribution is 8.00. The Labute approximate surface area is 98.4 Å². The quantitative estimate of drug-likeness (QED) is 0.456. The molecule has 1 rings (SSSR count). The van der Waals surface area contributed by atoms with Crippen molar-refractivity contribution < 1.29 is 4.92 Å². The zero-order valence-electron chi connectivity index (χ0n) is 9.14. The predicted molar refractivity (Wildman–Crippen MR) is 63.4 cm³/mol. The Morgan fingerprint density at radius 1 is 1.62 bits per heavy atom. The fourth-order valence-electron chi connectivity index (χ4n) is 1.12. The standard InChI is InChI=1S/C11H12N2O2S/c1-3-8(2)16-11-5-4-10(13(14)15)6-9(11)7-12/h4-6,8H,3H2,1-2H3. The van der Waals surface area contributed by atoms with Crippen LogP contribution in [0.5, 0.6) is 0 Å². The van der Waals surface area contributed by atoms with E-state index >= 15 is 0 Å². The zero-order chi connectivity index (χ0) is 12.1. The third kappa shape index (κ3) is 2.97. The van der Waals surface area contributed by atoms with Crippen LogP contribution in [0.1, 0.15) is 25.8 Å². The number of hydrogen-bond acceptors (Lipinski definition) is 4. The third-order valence-electron chi connectivity index (χ3n) is 2.20. The summed E-state index contributed by atoms with van der Waals surface area (Å²) in [5.41, 5.74) is 0.338. The number of non-ortho nitro benzene ring substituents is 1. The first-order chi connectivity index (χ1) is 7.58. The molecule has 1 unspecified atom stereocenters. The van der Waals surface area contributed by atoms with Crippen molar-refractivity contribution >= 4 is 17.4 Å². The number of hydrogen-bond donors (Lipinski definition) is 0. The van der Waals surface area contributed by atoms with Crippen LogP contribution in [0, 0.1) is 21.4 Å². The molecule has 0 saturated heterocycles. The fraction of sp³-hybridized carbons (Fsp3) is 0.364. The summed E-state index contributed by atoms with van der Waals surface area (Å²) in [6.45, 7) is 4.13. The molecule has 0 fully saturated rings. The van der Waals surface area contributed by atoms with Crippen LogP contribution in [0.25, 0.3) is 0 Å². The van der Waals surface area contributed by atoms with E-state index in [1.165, 1.54) is 12.1 Å². The number of rotatable bonds is 4. The average molecular weight is 236 g/mol. The third-order valence-corrected chi connectivity index (χ3v) is 3.54. The monoisotopic (exact) mass is 236 g/mol. The van der Waals surface area contributed by atoms with Gasteiger partial charge < -0.3 is 0 Å². The Kier molecular flexibility index (Phi) is 4.32. The van der Waals surface area contributed by atoms with Gasteiger partial charge in [0, 0.05) is 22.3 Å². The van der Waals surface area contributed by atoms with Gasteiger partial charge in [-0.15, -0.1) is 11.8 Å². The number of benzene rings is 1. The largest absolute Gasteiger partial charge is 0.270 e. The van der Waals surface area contributed by atoms with Crippen LogP contribution in [0.3, 0.4) is 0 Å². The van der Waals surface area contributed by atoms with E-state index in [-0.39, 0.29) is 5.69 Å². The molecule has 0 aromatic heterocycles. The maximum atomic E-state index is 10.5. The molecule has 0 aliphatic rings. The first-order valence-electron chi connectivity index (χ1n) is 4.93. The molecule has 0 bridgehead atoms. The van der Waals surface area contributed by atoms with Crippen molar-refractivity contribution in [2.24, 2.45) is 0 Å². The van der Waals surface area contributed by atoms with Crippen LogP contribution < -0.4 is 0 Å². The van der Waals surface area contributed by atoms with Gasteiger partial charge in [-0.1, -0.05) is 13.8 Å². The molecule has 0 amide bonds. The molecule has 16 heavy (non-hydrogen) atoms. The highest BCUT2D eigenvalue weighted by Gasteiger charge is 2.12. The molecule has 0 saturated carbocycles. The van der Waals surface area contributed by atoms with E-state index in [1.54, 1.807) is 17.8 Å². The second-order valence-corrected chi connectivity index (χ2v) is 4.87. The summed E-state index contributed by atoms with van der Waals surface area (Å²) < 4.78 is 0. The van der Waals surface area contributed by atoms with Gasteiger partial charge in [-0.25, -0.2) is 0 Å². The van der Waals surface area contributed by atoms with Crippen molar-refractivity contribution in [2.45, 2.75) is 30.4 Å². The number of thioether (sulfide) groups is 1. The van der Waals surface area contributed by atoms with Gasteiger partial charge in [0.1, 0.15) is 6.07 Å². The Morgan fingerprint density at radius 2 is 2.31 bits per heavy atom. The van der Waals surface area contributed by atoms with E-state index in [2.05, 4.69) is 13.8 Å². The van der Waals surface area contributed by atoms with Crippen LogP contribution in [-0.4, -0.2) is 10.2 Å². The molecule has 4 nitrogen and oxygen atoms in total. The van der Waals surface area contributed by atoms with Crippen LogP contribution in [-0.2, 0) is 0 Å². The Hall–Kier alpha value is -1.54. The van der Waals surface area contributed by atoms with Crippen molar-refractivity contribution in [1.82, 2.24) is 0 Å². The summed E-state index contributed by atoms with van der Waals surface area (Å²) in [4.78, 5) is 10.9. The highest BCUT2D eigenvalue weighted by Crippen LogP contribution is 2.30. The van der Waals surface area contributed by atoms with E-state index in [9.17, 15) is 10.1 Å². The van der Waals surface area contributed by atoms with E-state index in [0.717, 1.165) is 11.3 Å². The van der Waals surface area contributed by atoms with Crippen LogP contribution >= 0.6 is 11.8 Å². The second-order valence-electron chi connectivity index (χ2n) is 3.39. The summed E-state index contributed by atoms with van der Waals surface area (Å²) >= 11 is 1.57. The first-order valence-corrected chi connectivity index (χ1v) is 5.81. The summed E-state index contributed by atoms with van der Waals surface area (Å²) in [5.74, 6) is 0. The zero-order valence-corrected chi connectivity index (χ0v) is 9.95. The second kappa shape index (κ2) is 5.52. The van der Waals surface area contributed by atoms with E-state index in [1.807, 2.05) is 6.07 Å². The lowest BCUT2D eigenvalue weighted by atomic mass is 10.2. The normalized spacial score (nSPS) is 11.8. The molecular formula is C11H12N2O2S. The lowest BCUT2D eigenvalue weighted by molar-refractivity contribution is -0.384. The molecule has 0 aliphatic heterocycles. The van der Waals surface area contributed by atoms with Crippen molar-refractivity contribution in [1.29, 1.82) is 5.26 Å². The fourth-order valence-corrected chi connectivity index (χ4v) is 2.10. The topological polar surface area (TPSA) is 66.9 Å². The molecular weight excluding hydrogens is 224 g/mol. The molecule has 0 heterocycles. The average Bonchev–Trinajstić information content (AvgIpc) is 2.29. The number of nitro benzene ring substituents is 1. The molecule has 0 spiro atoms. The minimum absolute atomic E-state index is 0.0370. The summed E-state index contributed by atoms with van der Waals surface area (Å²) in [6.07, 6.45) is 0.993. The molecule has 1 aromatic rings. The number of nitrogens with zero attached hydrogens (tertiary/aromatic N) is 2. The van der Waals surface area contributed by atoms with Gasteiger partial charge in [0.2, 0.25) is 0 Å². The molecule has 1 aromatic carbocycles. The van der Waals surface area contributed by atoms with E-state index in [0.29, 0.717) is 10.8 Å². The van der Waals surface area contributed by atoms with Gasteiger partial charge in [0.15, 0.2) is 0 Å². The Bertz CT molecular complexity index is 440. The molecule has 1 atom stereocenters. The minimum atomic E-state index is -0.488. The summed E-state index contributed by atoms with van der Waals surface area (Å²) in [5, 5.41) is 19.9. The maximum absolute atomic E-state index is 10.5. The molecule has 84 valence electrons. The minimum Gasteiger partial charge on any atom is -0.258 e. The maximum Gasteiger partial charge on any atom is 0.270 e. The summed E-state index contributed by atoms with van der Waals surface area (Å²) in [7, 11) is 0. The van der Waals surface area contributed by atoms with Crippen molar-refractivity contribution in [3.63, 3.8) is 0 Å². The predicted octanol–water partition coefficient (Wildman–Crippen LogP) is 3.36. The van der Waals surface area contributed by atoms with Crippen LogP contribution in [0.4, 0.5) is 5.69 Å². The van der Waals surface area contributed by atoms with Crippen molar-refractivity contribution in [3.8, 4) is 6.07 Å². The van der Waals surface area contributed by atoms with Crippen molar-refractivity contribution in [2.75, 3.05) is 0 Å². The smallest absolute Gasteiger partial charge is 0.258 e. The number of nitro groups is 1. The van der Waals surface area contributed by atoms with E-state index < -0.39 is 4.92 Å². The van der Waals surface area contributed by atoms with Crippen molar-refractivity contribution in [3.05, 3.63) is 33.9 Å². The Morgan fingerprint density at radius 3 is 2.81 bits per heavy atom. The first kappa shape index (κ1) is 12.5. The SMILES string of the molecule is CCC(C)Sc1ccc([N+](=O)[O-])cc1C#N. The molecule has 5 heteroatoms. The highest BCUT2D eigenvalue weighted by atomic mass is 32.2. The molecule has 0 aliphatic carbocycles.